The van der Waals surface area contributed by atoms with E-state index in [0.29, 0.717) is 21.7 Å². The first kappa shape index (κ1) is 14.7. The first-order valence-corrected chi connectivity index (χ1v) is 8.78. The molecule has 3 aromatic rings. The van der Waals surface area contributed by atoms with Crippen molar-refractivity contribution in [2.24, 2.45) is 5.92 Å². The summed E-state index contributed by atoms with van der Waals surface area (Å²) in [5, 5.41) is 8.32. The van der Waals surface area contributed by atoms with Crippen molar-refractivity contribution in [2.75, 3.05) is 5.32 Å². The molecule has 2 aromatic heterocycles. The van der Waals surface area contributed by atoms with Crippen molar-refractivity contribution in [3.8, 4) is 0 Å². The Labute approximate surface area is 142 Å². The molecule has 23 heavy (non-hydrogen) atoms. The van der Waals surface area contributed by atoms with Gasteiger partial charge in [-0.3, -0.25) is 10.1 Å². The molecular weight excluding hydrogens is 332 g/mol. The van der Waals surface area contributed by atoms with Crippen LogP contribution < -0.4 is 5.32 Å². The topological polar surface area (TPSA) is 55.1 Å². The third-order valence-corrected chi connectivity index (χ3v) is 5.94. The van der Waals surface area contributed by atoms with Gasteiger partial charge in [0.15, 0.2) is 0 Å². The first-order chi connectivity index (χ1) is 11.1. The van der Waals surface area contributed by atoms with Gasteiger partial charge in [0.05, 0.1) is 10.7 Å². The van der Waals surface area contributed by atoms with Crippen LogP contribution in [-0.4, -0.2) is 11.1 Å². The van der Waals surface area contributed by atoms with E-state index in [1.807, 2.05) is 24.3 Å². The zero-order valence-corrected chi connectivity index (χ0v) is 14.1. The fourth-order valence-corrected chi connectivity index (χ4v) is 4.41. The van der Waals surface area contributed by atoms with E-state index in [9.17, 15) is 4.79 Å². The van der Waals surface area contributed by atoms with Crippen LogP contribution in [0.15, 0.2) is 28.8 Å². The molecular formula is C17H15ClN2O2S. The lowest BCUT2D eigenvalue weighted by atomic mass is 9.89. The molecule has 1 aliphatic rings. The average molecular weight is 347 g/mol. The fourth-order valence-electron chi connectivity index (χ4n) is 3.00. The van der Waals surface area contributed by atoms with Crippen molar-refractivity contribution in [1.29, 1.82) is 0 Å². The molecule has 4 nitrogen and oxygen atoms in total. The minimum atomic E-state index is -0.242. The van der Waals surface area contributed by atoms with Crippen LogP contribution in [0, 0.1) is 5.92 Å². The second kappa shape index (κ2) is 5.65. The Morgan fingerprint density at radius 2 is 2.26 bits per heavy atom. The monoisotopic (exact) mass is 346 g/mol. The molecule has 0 unspecified atom stereocenters. The van der Waals surface area contributed by atoms with Gasteiger partial charge in [-0.05, 0) is 31.2 Å². The van der Waals surface area contributed by atoms with Crippen molar-refractivity contribution in [2.45, 2.75) is 26.2 Å². The quantitative estimate of drug-likeness (QED) is 0.716. The van der Waals surface area contributed by atoms with Crippen molar-refractivity contribution >= 4 is 44.8 Å². The van der Waals surface area contributed by atoms with E-state index in [4.69, 9.17) is 16.1 Å². The van der Waals surface area contributed by atoms with Gasteiger partial charge in [0.1, 0.15) is 4.88 Å². The predicted octanol–water partition coefficient (Wildman–Crippen LogP) is 4.92. The van der Waals surface area contributed by atoms with Crippen molar-refractivity contribution in [3.05, 3.63) is 45.4 Å². The molecule has 118 valence electrons. The van der Waals surface area contributed by atoms with Crippen LogP contribution >= 0.6 is 22.9 Å². The van der Waals surface area contributed by atoms with E-state index >= 15 is 0 Å². The maximum Gasteiger partial charge on any atom is 0.269 e. The molecule has 0 spiro atoms. The van der Waals surface area contributed by atoms with Crippen LogP contribution in [0.25, 0.3) is 10.1 Å². The molecule has 0 saturated heterocycles. The smallest absolute Gasteiger partial charge is 0.269 e. The van der Waals surface area contributed by atoms with Crippen molar-refractivity contribution < 1.29 is 9.32 Å². The Morgan fingerprint density at radius 3 is 3.09 bits per heavy atom. The molecule has 6 heteroatoms. The molecule has 0 aliphatic heterocycles. The Kier molecular flexibility index (Phi) is 3.62. The van der Waals surface area contributed by atoms with Gasteiger partial charge in [-0.25, -0.2) is 0 Å². The lowest BCUT2D eigenvalue weighted by Gasteiger charge is -2.16. The average Bonchev–Trinajstić information content (AvgIpc) is 3.09. The molecule has 1 N–H and O–H groups in total. The number of aryl methyl sites for hydroxylation is 1. The number of fused-ring (bicyclic) bond motifs is 2. The van der Waals surface area contributed by atoms with Crippen LogP contribution in [0.5, 0.6) is 0 Å². The molecule has 0 radical (unpaired) electrons. The molecule has 1 aromatic carbocycles. The minimum Gasteiger partial charge on any atom is -0.338 e. The zero-order valence-electron chi connectivity index (χ0n) is 12.6. The second-order valence-electron chi connectivity index (χ2n) is 5.98. The first-order valence-electron chi connectivity index (χ1n) is 7.59. The summed E-state index contributed by atoms with van der Waals surface area (Å²) < 4.78 is 6.35. The normalized spacial score (nSPS) is 17.2. The number of thiophene rings is 1. The summed E-state index contributed by atoms with van der Waals surface area (Å²) in [4.78, 5) is 13.1. The Balaban J connectivity index is 1.65. The van der Waals surface area contributed by atoms with Gasteiger partial charge in [0, 0.05) is 15.6 Å². The number of aromatic nitrogens is 1. The summed E-state index contributed by atoms with van der Waals surface area (Å²) in [6.45, 7) is 2.20. The summed E-state index contributed by atoms with van der Waals surface area (Å²) in [5.41, 5.74) is 1.98. The van der Waals surface area contributed by atoms with Crippen LogP contribution in [0.2, 0.25) is 5.02 Å². The Hall–Kier alpha value is -1.85. The van der Waals surface area contributed by atoms with E-state index in [-0.39, 0.29) is 5.91 Å². The van der Waals surface area contributed by atoms with Crippen molar-refractivity contribution in [3.63, 3.8) is 0 Å². The predicted molar refractivity (Wildman–Crippen MR) is 92.5 cm³/mol. The van der Waals surface area contributed by atoms with Gasteiger partial charge >= 0.3 is 0 Å². The number of rotatable bonds is 2. The second-order valence-corrected chi connectivity index (χ2v) is 7.41. The van der Waals surface area contributed by atoms with E-state index in [1.165, 1.54) is 11.3 Å². The van der Waals surface area contributed by atoms with E-state index in [1.54, 1.807) is 0 Å². The third kappa shape index (κ3) is 2.54. The van der Waals surface area contributed by atoms with E-state index in [0.717, 1.165) is 40.6 Å². The SMILES string of the molecule is C[C@@H]1CCc2noc(NC(=O)c3sc4ccccc4c3Cl)c2C1. The number of hydrogen-bond donors (Lipinski definition) is 1. The summed E-state index contributed by atoms with van der Waals surface area (Å²) in [6.07, 6.45) is 2.89. The zero-order chi connectivity index (χ0) is 16.0. The molecule has 2 heterocycles. The highest BCUT2D eigenvalue weighted by atomic mass is 35.5. The molecule has 0 bridgehead atoms. The molecule has 4 rings (SSSR count). The summed E-state index contributed by atoms with van der Waals surface area (Å²) in [6, 6.07) is 7.73. The fraction of sp³-hybridized carbons (Fsp3) is 0.294. The van der Waals surface area contributed by atoms with Gasteiger partial charge in [-0.1, -0.05) is 41.9 Å². The minimum absolute atomic E-state index is 0.242. The van der Waals surface area contributed by atoms with Gasteiger partial charge in [0.25, 0.3) is 5.91 Å². The van der Waals surface area contributed by atoms with Crippen LogP contribution in [-0.2, 0) is 12.8 Å². The largest absolute Gasteiger partial charge is 0.338 e. The Bertz CT molecular complexity index is 899. The highest BCUT2D eigenvalue weighted by molar-refractivity contribution is 7.21. The highest BCUT2D eigenvalue weighted by Crippen LogP contribution is 2.36. The Morgan fingerprint density at radius 1 is 1.43 bits per heavy atom. The maximum absolute atomic E-state index is 12.6. The van der Waals surface area contributed by atoms with E-state index < -0.39 is 0 Å². The van der Waals surface area contributed by atoms with Crippen molar-refractivity contribution in [1.82, 2.24) is 5.16 Å². The maximum atomic E-state index is 12.6. The number of halogens is 1. The number of amides is 1. The molecule has 0 fully saturated rings. The summed E-state index contributed by atoms with van der Waals surface area (Å²) >= 11 is 7.75. The van der Waals surface area contributed by atoms with Gasteiger partial charge < -0.3 is 4.52 Å². The lowest BCUT2D eigenvalue weighted by molar-refractivity contribution is 0.102. The number of carbonyl (C=O) groups is 1. The third-order valence-electron chi connectivity index (χ3n) is 4.26. The number of nitrogens with zero attached hydrogens (tertiary/aromatic N) is 1. The number of carbonyl (C=O) groups excluding carboxylic acids is 1. The van der Waals surface area contributed by atoms with Gasteiger partial charge in [-0.2, -0.15) is 0 Å². The summed E-state index contributed by atoms with van der Waals surface area (Å²) in [7, 11) is 0. The highest BCUT2D eigenvalue weighted by Gasteiger charge is 2.26. The number of nitrogens with one attached hydrogen (secondary N) is 1. The molecule has 0 saturated carbocycles. The van der Waals surface area contributed by atoms with Crippen LogP contribution in [0.4, 0.5) is 5.88 Å². The molecule has 1 amide bonds. The van der Waals surface area contributed by atoms with Gasteiger partial charge in [-0.15, -0.1) is 11.3 Å². The number of benzene rings is 1. The molecule has 1 aliphatic carbocycles. The van der Waals surface area contributed by atoms with Crippen LogP contribution in [0.3, 0.4) is 0 Å². The standard InChI is InChI=1S/C17H15ClN2O2S/c1-9-6-7-12-11(8-9)17(22-20-12)19-16(21)15-14(18)10-4-2-3-5-13(10)23-15/h2-5,9H,6-8H2,1H3,(H,19,21)/t9-/m1/s1. The van der Waals surface area contributed by atoms with Gasteiger partial charge in [0.2, 0.25) is 5.88 Å². The van der Waals surface area contributed by atoms with Crippen LogP contribution in [0.1, 0.15) is 34.3 Å². The summed E-state index contributed by atoms with van der Waals surface area (Å²) in [5.74, 6) is 0.795. The number of hydrogen-bond acceptors (Lipinski definition) is 4. The lowest BCUT2D eigenvalue weighted by Crippen LogP contribution is -2.15. The van der Waals surface area contributed by atoms with E-state index in [2.05, 4.69) is 17.4 Å². The number of anilines is 1. The molecule has 1 atom stereocenters.